The van der Waals surface area contributed by atoms with E-state index in [4.69, 9.17) is 8.83 Å². The van der Waals surface area contributed by atoms with E-state index in [1.54, 1.807) is 12.3 Å². The molecule has 18 heavy (non-hydrogen) atoms. The molecule has 0 fully saturated rings. The first kappa shape index (κ1) is 11.0. The lowest BCUT2D eigenvalue weighted by molar-refractivity contribution is 0.494. The summed E-state index contributed by atoms with van der Waals surface area (Å²) in [6.07, 6.45) is 1.62. The van der Waals surface area contributed by atoms with E-state index in [1.807, 2.05) is 19.2 Å². The lowest BCUT2D eigenvalue weighted by atomic mass is 10.1. The Balaban J connectivity index is 2.10. The maximum atomic E-state index is 13.1. The topological polar surface area (TPSA) is 38.3 Å². The molecule has 0 spiro atoms. The van der Waals surface area contributed by atoms with Crippen LogP contribution in [-0.4, -0.2) is 7.05 Å². The number of halogens is 1. The summed E-state index contributed by atoms with van der Waals surface area (Å²) in [5.41, 5.74) is 1.56. The average molecular weight is 245 g/mol. The van der Waals surface area contributed by atoms with Crippen molar-refractivity contribution in [3.05, 3.63) is 48.2 Å². The van der Waals surface area contributed by atoms with E-state index in [2.05, 4.69) is 5.32 Å². The molecule has 0 atom stereocenters. The highest BCUT2D eigenvalue weighted by molar-refractivity contribution is 5.83. The number of rotatable bonds is 3. The van der Waals surface area contributed by atoms with Gasteiger partial charge in [0.25, 0.3) is 0 Å². The third-order valence-corrected chi connectivity index (χ3v) is 2.83. The highest BCUT2D eigenvalue weighted by atomic mass is 19.1. The first-order valence-corrected chi connectivity index (χ1v) is 5.68. The van der Waals surface area contributed by atoms with Crippen LogP contribution in [0.2, 0.25) is 0 Å². The summed E-state index contributed by atoms with van der Waals surface area (Å²) < 4.78 is 24.2. The van der Waals surface area contributed by atoms with E-state index < -0.39 is 0 Å². The Morgan fingerprint density at radius 3 is 2.94 bits per heavy atom. The minimum absolute atomic E-state index is 0.266. The molecule has 0 aliphatic heterocycles. The van der Waals surface area contributed by atoms with E-state index in [0.717, 1.165) is 16.7 Å². The minimum Gasteiger partial charge on any atom is -0.467 e. The fourth-order valence-electron chi connectivity index (χ4n) is 2.00. The van der Waals surface area contributed by atoms with Crippen LogP contribution < -0.4 is 5.32 Å². The van der Waals surface area contributed by atoms with Gasteiger partial charge in [0.15, 0.2) is 0 Å². The summed E-state index contributed by atoms with van der Waals surface area (Å²) in [7, 11) is 1.85. The van der Waals surface area contributed by atoms with Gasteiger partial charge in [0, 0.05) is 5.39 Å². The Morgan fingerprint density at radius 1 is 1.22 bits per heavy atom. The molecule has 1 N–H and O–H groups in total. The number of fused-ring (bicyclic) bond motifs is 1. The van der Waals surface area contributed by atoms with Crippen molar-refractivity contribution in [1.29, 1.82) is 0 Å². The summed E-state index contributed by atoms with van der Waals surface area (Å²) in [6, 6.07) is 8.15. The summed E-state index contributed by atoms with van der Waals surface area (Å²) in [5, 5.41) is 3.78. The number of hydrogen-bond acceptors (Lipinski definition) is 3. The Morgan fingerprint density at radius 2 is 2.11 bits per heavy atom. The zero-order chi connectivity index (χ0) is 12.5. The number of furan rings is 2. The van der Waals surface area contributed by atoms with Crippen molar-refractivity contribution in [2.24, 2.45) is 0 Å². The molecule has 0 unspecified atom stereocenters. The van der Waals surface area contributed by atoms with Gasteiger partial charge in [0.2, 0.25) is 0 Å². The zero-order valence-electron chi connectivity index (χ0n) is 9.87. The summed E-state index contributed by atoms with van der Waals surface area (Å²) >= 11 is 0. The molecule has 0 bridgehead atoms. The van der Waals surface area contributed by atoms with Crippen LogP contribution in [0.1, 0.15) is 5.76 Å². The molecule has 0 saturated heterocycles. The van der Waals surface area contributed by atoms with Gasteiger partial charge in [-0.25, -0.2) is 4.39 Å². The molecule has 0 saturated carbocycles. The summed E-state index contributed by atoms with van der Waals surface area (Å²) in [5.74, 6) is 1.23. The van der Waals surface area contributed by atoms with Gasteiger partial charge in [0.05, 0.1) is 18.4 Å². The highest BCUT2D eigenvalue weighted by Crippen LogP contribution is 2.31. The van der Waals surface area contributed by atoms with Crippen LogP contribution >= 0.6 is 0 Å². The van der Waals surface area contributed by atoms with Gasteiger partial charge < -0.3 is 14.2 Å². The van der Waals surface area contributed by atoms with Crippen molar-refractivity contribution >= 4 is 11.0 Å². The maximum Gasteiger partial charge on any atom is 0.138 e. The van der Waals surface area contributed by atoms with Crippen molar-refractivity contribution < 1.29 is 13.2 Å². The van der Waals surface area contributed by atoms with E-state index in [1.165, 1.54) is 12.1 Å². The molecule has 3 rings (SSSR count). The average Bonchev–Trinajstić information content (AvgIpc) is 2.94. The number of hydrogen-bond donors (Lipinski definition) is 1. The smallest absolute Gasteiger partial charge is 0.138 e. The van der Waals surface area contributed by atoms with Crippen LogP contribution in [0.4, 0.5) is 4.39 Å². The van der Waals surface area contributed by atoms with Gasteiger partial charge in [-0.1, -0.05) is 0 Å². The molecule has 92 valence electrons. The largest absolute Gasteiger partial charge is 0.467 e. The van der Waals surface area contributed by atoms with Gasteiger partial charge in [-0.15, -0.1) is 0 Å². The predicted molar refractivity (Wildman–Crippen MR) is 66.6 cm³/mol. The third kappa shape index (κ3) is 1.80. The fraction of sp³-hybridized carbons (Fsp3) is 0.143. The van der Waals surface area contributed by atoms with Crippen molar-refractivity contribution in [3.8, 4) is 11.3 Å². The number of nitrogens with one attached hydrogen (secondary N) is 1. The van der Waals surface area contributed by atoms with Gasteiger partial charge >= 0.3 is 0 Å². The van der Waals surface area contributed by atoms with Gasteiger partial charge in [-0.2, -0.15) is 0 Å². The summed E-state index contributed by atoms with van der Waals surface area (Å²) in [6.45, 7) is 0.619. The second kappa shape index (κ2) is 4.31. The Bertz CT molecular complexity index is 684. The van der Waals surface area contributed by atoms with Crippen LogP contribution in [0.3, 0.4) is 0 Å². The molecular weight excluding hydrogens is 233 g/mol. The van der Waals surface area contributed by atoms with Crippen molar-refractivity contribution in [2.45, 2.75) is 6.54 Å². The van der Waals surface area contributed by atoms with E-state index >= 15 is 0 Å². The first-order chi connectivity index (χ1) is 8.78. The highest BCUT2D eigenvalue weighted by Gasteiger charge is 2.13. The van der Waals surface area contributed by atoms with Crippen LogP contribution in [0.25, 0.3) is 22.3 Å². The van der Waals surface area contributed by atoms with Gasteiger partial charge in [0.1, 0.15) is 22.9 Å². The molecule has 3 nitrogen and oxygen atoms in total. The first-order valence-electron chi connectivity index (χ1n) is 5.68. The molecule has 0 radical (unpaired) electrons. The lowest BCUT2D eigenvalue weighted by Gasteiger charge is -1.97. The van der Waals surface area contributed by atoms with E-state index in [9.17, 15) is 4.39 Å². The van der Waals surface area contributed by atoms with Crippen LogP contribution in [-0.2, 0) is 6.54 Å². The molecule has 1 aromatic carbocycles. The Kier molecular flexibility index (Phi) is 2.64. The maximum absolute atomic E-state index is 13.1. The SMILES string of the molecule is CNCc1occc1-c1cc2cc(F)ccc2o1. The van der Waals surface area contributed by atoms with Crippen molar-refractivity contribution in [3.63, 3.8) is 0 Å². The van der Waals surface area contributed by atoms with E-state index in [-0.39, 0.29) is 5.82 Å². The van der Waals surface area contributed by atoms with E-state index in [0.29, 0.717) is 17.9 Å². The fourth-order valence-corrected chi connectivity index (χ4v) is 2.00. The molecule has 2 aromatic heterocycles. The van der Waals surface area contributed by atoms with Gasteiger partial charge in [-0.05, 0) is 37.4 Å². The second-order valence-corrected chi connectivity index (χ2v) is 4.08. The second-order valence-electron chi connectivity index (χ2n) is 4.08. The standard InChI is InChI=1S/C14H12FNO2/c1-16-8-14-11(4-5-17-14)13-7-9-6-10(15)2-3-12(9)18-13/h2-7,16H,8H2,1H3. The molecule has 0 aliphatic rings. The van der Waals surface area contributed by atoms with Crippen molar-refractivity contribution in [1.82, 2.24) is 5.32 Å². The number of benzene rings is 1. The lowest BCUT2D eigenvalue weighted by Crippen LogP contribution is -2.04. The molecule has 4 heteroatoms. The molecule has 3 aromatic rings. The van der Waals surface area contributed by atoms with Gasteiger partial charge in [-0.3, -0.25) is 0 Å². The zero-order valence-corrected chi connectivity index (χ0v) is 9.87. The normalized spacial score (nSPS) is 11.2. The monoisotopic (exact) mass is 245 g/mol. The minimum atomic E-state index is -0.266. The summed E-state index contributed by atoms with van der Waals surface area (Å²) in [4.78, 5) is 0. The molecular formula is C14H12FNO2. The van der Waals surface area contributed by atoms with Crippen LogP contribution in [0.15, 0.2) is 45.4 Å². The Labute approximate surface area is 103 Å². The third-order valence-electron chi connectivity index (χ3n) is 2.83. The molecule has 2 heterocycles. The van der Waals surface area contributed by atoms with Crippen molar-refractivity contribution in [2.75, 3.05) is 7.05 Å². The molecule has 0 aliphatic carbocycles. The molecule has 0 amide bonds. The van der Waals surface area contributed by atoms with Crippen LogP contribution in [0.5, 0.6) is 0 Å². The Hall–Kier alpha value is -2.07. The quantitative estimate of drug-likeness (QED) is 0.766. The predicted octanol–water partition coefficient (Wildman–Crippen LogP) is 3.55. The van der Waals surface area contributed by atoms with Crippen LogP contribution in [0, 0.1) is 5.82 Å².